The van der Waals surface area contributed by atoms with Crippen molar-refractivity contribution in [3.63, 3.8) is 0 Å². The van der Waals surface area contributed by atoms with E-state index in [4.69, 9.17) is 22.1 Å². The lowest BCUT2D eigenvalue weighted by molar-refractivity contribution is 0.0825. The molecule has 1 amide bonds. The first kappa shape index (κ1) is 14.1. The Labute approximate surface area is 117 Å². The van der Waals surface area contributed by atoms with E-state index in [2.05, 4.69) is 17.2 Å². The lowest BCUT2D eigenvalue weighted by Gasteiger charge is -2.17. The highest BCUT2D eigenvalue weighted by atomic mass is 35.5. The van der Waals surface area contributed by atoms with Gasteiger partial charge in [0.1, 0.15) is 11.5 Å². The number of carbonyl (C=O) groups excluding carboxylic acids is 1. The van der Waals surface area contributed by atoms with Crippen molar-refractivity contribution < 1.29 is 9.53 Å². The van der Waals surface area contributed by atoms with Crippen molar-refractivity contribution in [2.45, 2.75) is 25.9 Å². The van der Waals surface area contributed by atoms with Crippen LogP contribution < -0.4 is 11.1 Å². The van der Waals surface area contributed by atoms with Gasteiger partial charge in [0.2, 0.25) is 0 Å². The lowest BCUT2D eigenvalue weighted by Crippen LogP contribution is -2.33. The lowest BCUT2D eigenvalue weighted by atomic mass is 10.00. The maximum Gasteiger partial charge on any atom is 0.271 e. The molecule has 0 aliphatic carbocycles. The van der Waals surface area contributed by atoms with Gasteiger partial charge in [0.15, 0.2) is 0 Å². The van der Waals surface area contributed by atoms with E-state index in [0.29, 0.717) is 17.5 Å². The average molecular weight is 284 g/mol. The molecular weight excluding hydrogens is 266 g/mol. The molecule has 0 saturated carbocycles. The molecule has 1 aromatic heterocycles. The number of nitrogen functional groups attached to an aromatic ring is 1. The van der Waals surface area contributed by atoms with Gasteiger partial charge in [0.05, 0.1) is 11.1 Å². The van der Waals surface area contributed by atoms with Crippen molar-refractivity contribution in [2.24, 2.45) is 5.92 Å². The fourth-order valence-electron chi connectivity index (χ4n) is 2.30. The molecule has 0 aromatic carbocycles. The van der Waals surface area contributed by atoms with Crippen molar-refractivity contribution >= 4 is 23.3 Å². The number of nitrogens with two attached hydrogens (primary N) is 1. The summed E-state index contributed by atoms with van der Waals surface area (Å²) in [6.07, 6.45) is 2.15. The number of carbonyl (C=O) groups is 1. The van der Waals surface area contributed by atoms with Crippen LogP contribution in [0.25, 0.3) is 0 Å². The van der Waals surface area contributed by atoms with Gasteiger partial charge in [0, 0.05) is 19.1 Å². The van der Waals surface area contributed by atoms with Gasteiger partial charge in [-0.1, -0.05) is 18.5 Å². The van der Waals surface area contributed by atoms with Gasteiger partial charge in [-0.15, -0.1) is 0 Å². The number of amides is 1. The maximum atomic E-state index is 12.0. The van der Waals surface area contributed by atoms with Gasteiger partial charge in [0.25, 0.3) is 5.91 Å². The van der Waals surface area contributed by atoms with Gasteiger partial charge < -0.3 is 15.8 Å². The third-order valence-electron chi connectivity index (χ3n) is 3.36. The quantitative estimate of drug-likeness (QED) is 0.884. The second-order valence-corrected chi connectivity index (χ2v) is 5.05. The summed E-state index contributed by atoms with van der Waals surface area (Å²) in [6.45, 7) is 3.42. The molecule has 2 unspecified atom stereocenters. The summed E-state index contributed by atoms with van der Waals surface area (Å²) in [5.74, 6) is 0.345. The maximum absolute atomic E-state index is 12.0. The molecule has 3 N–H and O–H groups in total. The Morgan fingerprint density at radius 2 is 2.42 bits per heavy atom. The molecule has 5 nitrogen and oxygen atoms in total. The molecule has 1 saturated heterocycles. The number of aromatic nitrogens is 1. The second-order valence-electron chi connectivity index (χ2n) is 4.64. The summed E-state index contributed by atoms with van der Waals surface area (Å²) in [5, 5.41) is 3.16. The molecule has 0 bridgehead atoms. The summed E-state index contributed by atoms with van der Waals surface area (Å²) >= 11 is 5.94. The molecule has 1 aromatic rings. The summed E-state index contributed by atoms with van der Waals surface area (Å²) in [7, 11) is 0. The number of anilines is 1. The van der Waals surface area contributed by atoms with Crippen molar-refractivity contribution in [2.75, 3.05) is 18.9 Å². The highest BCUT2D eigenvalue weighted by molar-refractivity contribution is 6.33. The number of pyridine rings is 1. The van der Waals surface area contributed by atoms with Crippen LogP contribution in [0.5, 0.6) is 0 Å². The number of nitrogens with zero attached hydrogens (tertiary/aromatic N) is 1. The second kappa shape index (κ2) is 6.21. The van der Waals surface area contributed by atoms with E-state index < -0.39 is 0 Å². The Hall–Kier alpha value is -1.33. The van der Waals surface area contributed by atoms with Crippen LogP contribution in [0, 0.1) is 5.92 Å². The third-order valence-corrected chi connectivity index (χ3v) is 3.66. The summed E-state index contributed by atoms with van der Waals surface area (Å²) in [5.41, 5.74) is 5.73. The minimum absolute atomic E-state index is 0.175. The smallest absolute Gasteiger partial charge is 0.271 e. The van der Waals surface area contributed by atoms with Crippen molar-refractivity contribution in [1.82, 2.24) is 10.3 Å². The fraction of sp³-hybridized carbons (Fsp3) is 0.538. The molecule has 19 heavy (non-hydrogen) atoms. The van der Waals surface area contributed by atoms with E-state index in [1.54, 1.807) is 12.1 Å². The van der Waals surface area contributed by atoms with E-state index in [1.165, 1.54) is 0 Å². The molecule has 0 spiro atoms. The zero-order valence-electron chi connectivity index (χ0n) is 10.9. The SMILES string of the molecule is CCC1OCCC1CNC(=O)c1nc(N)ccc1Cl. The Morgan fingerprint density at radius 3 is 3.16 bits per heavy atom. The first-order valence-corrected chi connectivity index (χ1v) is 6.81. The molecule has 1 aliphatic heterocycles. The summed E-state index contributed by atoms with van der Waals surface area (Å²) in [4.78, 5) is 16.0. The van der Waals surface area contributed by atoms with Crippen LogP contribution in [0.3, 0.4) is 0 Å². The van der Waals surface area contributed by atoms with Crippen molar-refractivity contribution in [1.29, 1.82) is 0 Å². The van der Waals surface area contributed by atoms with E-state index in [-0.39, 0.29) is 23.5 Å². The molecule has 1 fully saturated rings. The Morgan fingerprint density at radius 1 is 1.63 bits per heavy atom. The number of hydrogen-bond donors (Lipinski definition) is 2. The van der Waals surface area contributed by atoms with Crippen LogP contribution in [0.4, 0.5) is 5.82 Å². The predicted molar refractivity (Wildman–Crippen MR) is 74.1 cm³/mol. The fourth-order valence-corrected chi connectivity index (χ4v) is 2.49. The molecule has 1 aliphatic rings. The molecule has 2 heterocycles. The van der Waals surface area contributed by atoms with Crippen LogP contribution in [0.1, 0.15) is 30.3 Å². The van der Waals surface area contributed by atoms with Crippen molar-refractivity contribution in [3.8, 4) is 0 Å². The summed E-state index contributed by atoms with van der Waals surface area (Å²) in [6, 6.07) is 3.14. The monoisotopic (exact) mass is 283 g/mol. The standard InChI is InChI=1S/C13H18ClN3O2/c1-2-10-8(5-6-19-10)7-16-13(18)12-9(14)3-4-11(15)17-12/h3-4,8,10H,2,5-7H2,1H3,(H2,15,17)(H,16,18). The van der Waals surface area contributed by atoms with Gasteiger partial charge in [-0.3, -0.25) is 4.79 Å². The largest absolute Gasteiger partial charge is 0.384 e. The zero-order valence-corrected chi connectivity index (χ0v) is 11.6. The van der Waals surface area contributed by atoms with Crippen molar-refractivity contribution in [3.05, 3.63) is 22.8 Å². The normalized spacial score (nSPS) is 22.4. The zero-order chi connectivity index (χ0) is 13.8. The number of halogens is 1. The predicted octanol–water partition coefficient (Wildman–Crippen LogP) is 1.86. The highest BCUT2D eigenvalue weighted by Crippen LogP contribution is 2.23. The average Bonchev–Trinajstić information content (AvgIpc) is 2.86. The Balaban J connectivity index is 1.96. The first-order chi connectivity index (χ1) is 9.11. The Kier molecular flexibility index (Phi) is 4.61. The van der Waals surface area contributed by atoms with Gasteiger partial charge >= 0.3 is 0 Å². The Bertz CT molecular complexity index is 467. The van der Waals surface area contributed by atoms with E-state index >= 15 is 0 Å². The molecule has 6 heteroatoms. The number of nitrogens with one attached hydrogen (secondary N) is 1. The van der Waals surface area contributed by atoms with Crippen LogP contribution in [-0.2, 0) is 4.74 Å². The molecule has 2 atom stereocenters. The first-order valence-electron chi connectivity index (χ1n) is 6.43. The number of hydrogen-bond acceptors (Lipinski definition) is 4. The van der Waals surface area contributed by atoms with E-state index in [1.807, 2.05) is 0 Å². The highest BCUT2D eigenvalue weighted by Gasteiger charge is 2.27. The number of ether oxygens (including phenoxy) is 1. The van der Waals surface area contributed by atoms with Crippen LogP contribution in [0.2, 0.25) is 5.02 Å². The third kappa shape index (κ3) is 3.36. The minimum atomic E-state index is -0.293. The van der Waals surface area contributed by atoms with Gasteiger partial charge in [-0.25, -0.2) is 4.98 Å². The topological polar surface area (TPSA) is 77.2 Å². The molecule has 104 valence electrons. The summed E-state index contributed by atoms with van der Waals surface area (Å²) < 4.78 is 5.58. The van der Waals surface area contributed by atoms with Crippen LogP contribution >= 0.6 is 11.6 Å². The molecular formula is C13H18ClN3O2. The minimum Gasteiger partial charge on any atom is -0.384 e. The van der Waals surface area contributed by atoms with Crippen LogP contribution in [0.15, 0.2) is 12.1 Å². The molecule has 2 rings (SSSR count). The van der Waals surface area contributed by atoms with Gasteiger partial charge in [-0.05, 0) is 25.0 Å². The van der Waals surface area contributed by atoms with E-state index in [9.17, 15) is 4.79 Å². The van der Waals surface area contributed by atoms with Crippen LogP contribution in [-0.4, -0.2) is 30.1 Å². The van der Waals surface area contributed by atoms with E-state index in [0.717, 1.165) is 19.4 Å². The molecule has 0 radical (unpaired) electrons. The number of rotatable bonds is 4. The van der Waals surface area contributed by atoms with Gasteiger partial charge in [-0.2, -0.15) is 0 Å².